The first kappa shape index (κ1) is 13.6. The molecule has 21 heavy (non-hydrogen) atoms. The highest BCUT2D eigenvalue weighted by atomic mass is 32.1. The first-order valence-corrected chi connectivity index (χ1v) is 7.03. The minimum absolute atomic E-state index is 0.528. The maximum absolute atomic E-state index is 5.36. The van der Waals surface area contributed by atoms with E-state index in [0.717, 1.165) is 11.3 Å². The predicted molar refractivity (Wildman–Crippen MR) is 84.9 cm³/mol. The second-order valence-corrected chi connectivity index (χ2v) is 4.99. The zero-order valence-corrected chi connectivity index (χ0v) is 12.4. The van der Waals surface area contributed by atoms with Crippen molar-refractivity contribution in [3.05, 3.63) is 64.9 Å². The van der Waals surface area contributed by atoms with E-state index in [-0.39, 0.29) is 0 Å². The number of aromatic nitrogens is 3. The molecule has 3 rings (SSSR count). The summed E-state index contributed by atoms with van der Waals surface area (Å²) in [7, 11) is 1.65. The Kier molecular flexibility index (Phi) is 3.83. The van der Waals surface area contributed by atoms with Crippen molar-refractivity contribution in [2.45, 2.75) is 6.54 Å². The average molecular weight is 297 g/mol. The van der Waals surface area contributed by atoms with Crippen LogP contribution in [0.15, 0.2) is 54.6 Å². The molecule has 2 aromatic carbocycles. The van der Waals surface area contributed by atoms with Gasteiger partial charge in [0.1, 0.15) is 5.75 Å². The number of H-pyrrole nitrogens is 1. The fraction of sp³-hybridized carbons (Fsp3) is 0.125. The van der Waals surface area contributed by atoms with Gasteiger partial charge in [-0.25, -0.2) is 0 Å². The van der Waals surface area contributed by atoms with Crippen molar-refractivity contribution < 1.29 is 4.74 Å². The smallest absolute Gasteiger partial charge is 0.216 e. The van der Waals surface area contributed by atoms with Crippen LogP contribution in [0, 0.1) is 4.77 Å². The quantitative estimate of drug-likeness (QED) is 0.747. The summed E-state index contributed by atoms with van der Waals surface area (Å²) in [5.74, 6) is 1.49. The molecule has 0 saturated carbocycles. The summed E-state index contributed by atoms with van der Waals surface area (Å²) in [6.45, 7) is 0.668. The van der Waals surface area contributed by atoms with E-state index in [1.165, 1.54) is 5.56 Å². The molecule has 0 saturated heterocycles. The van der Waals surface area contributed by atoms with Crippen molar-refractivity contribution in [2.75, 3.05) is 7.11 Å². The molecule has 1 aromatic heterocycles. The molecule has 1 heterocycles. The summed E-state index contributed by atoms with van der Waals surface area (Å²) in [6, 6.07) is 17.9. The Labute approximate surface area is 128 Å². The number of hydrogen-bond acceptors (Lipinski definition) is 3. The van der Waals surface area contributed by atoms with Gasteiger partial charge in [-0.1, -0.05) is 42.5 Å². The van der Waals surface area contributed by atoms with Crippen LogP contribution >= 0.6 is 12.2 Å². The lowest BCUT2D eigenvalue weighted by Crippen LogP contribution is -2.01. The zero-order valence-electron chi connectivity index (χ0n) is 11.6. The SMILES string of the molecule is COc1ccccc1-c1nc(=S)n(Cc2ccccc2)[nH]1. The van der Waals surface area contributed by atoms with Gasteiger partial charge in [0.25, 0.3) is 0 Å². The Balaban J connectivity index is 1.96. The summed E-state index contributed by atoms with van der Waals surface area (Å²) >= 11 is 5.33. The number of ether oxygens (including phenoxy) is 1. The molecule has 4 nitrogen and oxygen atoms in total. The van der Waals surface area contributed by atoms with Crippen LogP contribution in [0.25, 0.3) is 11.4 Å². The highest BCUT2D eigenvalue weighted by Gasteiger charge is 2.10. The number of hydrogen-bond donors (Lipinski definition) is 1. The fourth-order valence-electron chi connectivity index (χ4n) is 2.19. The van der Waals surface area contributed by atoms with Gasteiger partial charge in [-0.3, -0.25) is 9.78 Å². The van der Waals surface area contributed by atoms with Crippen LogP contribution < -0.4 is 4.74 Å². The van der Waals surface area contributed by atoms with Crippen LogP contribution in [0.2, 0.25) is 0 Å². The van der Waals surface area contributed by atoms with Crippen LogP contribution in [0.5, 0.6) is 5.75 Å². The van der Waals surface area contributed by atoms with Gasteiger partial charge < -0.3 is 4.74 Å². The maximum Gasteiger partial charge on any atom is 0.216 e. The molecule has 0 aliphatic rings. The van der Waals surface area contributed by atoms with Crippen molar-refractivity contribution in [3.8, 4) is 17.1 Å². The van der Waals surface area contributed by atoms with Crippen LogP contribution in [0.1, 0.15) is 5.56 Å². The number of methoxy groups -OCH3 is 1. The Morgan fingerprint density at radius 2 is 1.81 bits per heavy atom. The Morgan fingerprint density at radius 1 is 1.10 bits per heavy atom. The molecule has 0 atom stereocenters. The summed E-state index contributed by atoms with van der Waals surface area (Å²) in [4.78, 5) is 4.43. The summed E-state index contributed by atoms with van der Waals surface area (Å²) in [6.07, 6.45) is 0. The number of para-hydroxylation sites is 1. The second kappa shape index (κ2) is 5.93. The molecule has 1 N–H and O–H groups in total. The monoisotopic (exact) mass is 297 g/mol. The summed E-state index contributed by atoms with van der Waals surface area (Å²) in [5, 5.41) is 3.24. The zero-order chi connectivity index (χ0) is 14.7. The topological polar surface area (TPSA) is 42.8 Å². The van der Waals surface area contributed by atoms with Crippen LogP contribution in [0.3, 0.4) is 0 Å². The number of aromatic amines is 1. The van der Waals surface area contributed by atoms with E-state index in [2.05, 4.69) is 22.2 Å². The largest absolute Gasteiger partial charge is 0.496 e. The van der Waals surface area contributed by atoms with E-state index in [9.17, 15) is 0 Å². The van der Waals surface area contributed by atoms with Gasteiger partial charge in [0, 0.05) is 0 Å². The molecule has 0 aliphatic carbocycles. The van der Waals surface area contributed by atoms with Gasteiger partial charge in [0.2, 0.25) is 4.77 Å². The number of benzene rings is 2. The molecule has 0 amide bonds. The molecule has 0 radical (unpaired) electrons. The van der Waals surface area contributed by atoms with Gasteiger partial charge in [-0.05, 0) is 29.9 Å². The number of nitrogens with one attached hydrogen (secondary N) is 1. The molecule has 0 fully saturated rings. The normalized spacial score (nSPS) is 10.5. The lowest BCUT2D eigenvalue weighted by molar-refractivity contribution is 0.416. The van der Waals surface area contributed by atoms with Gasteiger partial charge in [0.15, 0.2) is 5.82 Å². The van der Waals surface area contributed by atoms with E-state index >= 15 is 0 Å². The van der Waals surface area contributed by atoms with Crippen LogP contribution in [-0.2, 0) is 6.54 Å². The second-order valence-electron chi connectivity index (χ2n) is 4.63. The van der Waals surface area contributed by atoms with Crippen molar-refractivity contribution in [3.63, 3.8) is 0 Å². The van der Waals surface area contributed by atoms with Crippen LogP contribution in [0.4, 0.5) is 0 Å². The minimum Gasteiger partial charge on any atom is -0.496 e. The third kappa shape index (κ3) is 2.87. The van der Waals surface area contributed by atoms with E-state index in [0.29, 0.717) is 17.1 Å². The van der Waals surface area contributed by atoms with E-state index in [4.69, 9.17) is 17.0 Å². The molecule has 0 spiro atoms. The van der Waals surface area contributed by atoms with Gasteiger partial charge >= 0.3 is 0 Å². The molecular formula is C16H15N3OS. The molecule has 3 aromatic rings. The van der Waals surface area contributed by atoms with E-state index in [1.807, 2.05) is 47.1 Å². The first-order valence-electron chi connectivity index (χ1n) is 6.62. The molecule has 106 valence electrons. The lowest BCUT2D eigenvalue weighted by Gasteiger charge is -2.05. The van der Waals surface area contributed by atoms with Crippen LogP contribution in [-0.4, -0.2) is 21.9 Å². The Hall–Kier alpha value is -2.40. The lowest BCUT2D eigenvalue weighted by atomic mass is 10.2. The Morgan fingerprint density at radius 3 is 2.57 bits per heavy atom. The van der Waals surface area contributed by atoms with Crippen molar-refractivity contribution in [1.29, 1.82) is 0 Å². The number of nitrogens with zero attached hydrogens (tertiary/aromatic N) is 2. The highest BCUT2D eigenvalue weighted by molar-refractivity contribution is 7.71. The molecule has 0 bridgehead atoms. The molecule has 5 heteroatoms. The highest BCUT2D eigenvalue weighted by Crippen LogP contribution is 2.26. The fourth-order valence-corrected chi connectivity index (χ4v) is 2.39. The van der Waals surface area contributed by atoms with E-state index in [1.54, 1.807) is 7.11 Å². The molecular weight excluding hydrogens is 282 g/mol. The van der Waals surface area contributed by atoms with Gasteiger partial charge in [0.05, 0.1) is 19.2 Å². The third-order valence-corrected chi connectivity index (χ3v) is 3.54. The number of rotatable bonds is 4. The summed E-state index contributed by atoms with van der Waals surface area (Å²) in [5.41, 5.74) is 2.07. The van der Waals surface area contributed by atoms with Crippen molar-refractivity contribution in [2.24, 2.45) is 0 Å². The maximum atomic E-state index is 5.36. The van der Waals surface area contributed by atoms with Crippen molar-refractivity contribution in [1.82, 2.24) is 14.8 Å². The molecule has 0 aliphatic heterocycles. The Bertz CT molecular complexity index is 793. The summed E-state index contributed by atoms with van der Waals surface area (Å²) < 4.78 is 7.75. The van der Waals surface area contributed by atoms with E-state index < -0.39 is 0 Å². The standard InChI is InChI=1S/C16H15N3OS/c1-20-14-10-6-5-9-13(14)15-17-16(21)19(18-15)11-12-7-3-2-4-8-12/h2-10H,11H2,1H3,(H,17,18,21). The van der Waals surface area contributed by atoms with Gasteiger partial charge in [-0.2, -0.15) is 4.98 Å². The van der Waals surface area contributed by atoms with Gasteiger partial charge in [-0.15, -0.1) is 0 Å². The van der Waals surface area contributed by atoms with Crippen molar-refractivity contribution >= 4 is 12.2 Å². The first-order chi connectivity index (χ1) is 10.3. The molecule has 0 unspecified atom stereocenters. The third-order valence-electron chi connectivity index (χ3n) is 3.22. The minimum atomic E-state index is 0.528. The predicted octanol–water partition coefficient (Wildman–Crippen LogP) is 3.66. The average Bonchev–Trinajstić information content (AvgIpc) is 2.89.